The summed E-state index contributed by atoms with van der Waals surface area (Å²) in [5.74, 6) is -2.12. The molecule has 11 heteroatoms. The third-order valence-electron chi connectivity index (χ3n) is 3.60. The van der Waals surface area contributed by atoms with E-state index in [0.29, 0.717) is 0 Å². The van der Waals surface area contributed by atoms with Gasteiger partial charge in [-0.1, -0.05) is 18.2 Å². The van der Waals surface area contributed by atoms with Crippen LogP contribution in [0.3, 0.4) is 0 Å². The second-order valence-electron chi connectivity index (χ2n) is 5.35. The summed E-state index contributed by atoms with van der Waals surface area (Å²) >= 11 is 0. The Bertz CT molecular complexity index is 996. The van der Waals surface area contributed by atoms with Crippen LogP contribution in [0.1, 0.15) is 5.56 Å². The predicted molar refractivity (Wildman–Crippen MR) is 98.3 cm³/mol. The number of ether oxygens (including phenoxy) is 3. The summed E-state index contributed by atoms with van der Waals surface area (Å²) in [6.07, 6.45) is 1.14. The van der Waals surface area contributed by atoms with Crippen LogP contribution in [0.2, 0.25) is 0 Å². The Labute approximate surface area is 163 Å². The molecule has 0 saturated carbocycles. The van der Waals surface area contributed by atoms with Gasteiger partial charge in [0.25, 0.3) is 5.69 Å². The average Bonchev–Trinajstić information content (AvgIpc) is 2.71. The Morgan fingerprint density at radius 2 is 1.52 bits per heavy atom. The van der Waals surface area contributed by atoms with Gasteiger partial charge in [0.2, 0.25) is 5.75 Å². The number of hydrogen-bond donors (Lipinski definition) is 0. The Balaban J connectivity index is 2.53. The van der Waals surface area contributed by atoms with Gasteiger partial charge in [-0.3, -0.25) is 20.2 Å². The molecule has 0 unspecified atom stereocenters. The van der Waals surface area contributed by atoms with Crippen LogP contribution in [0.4, 0.5) is 11.4 Å². The highest BCUT2D eigenvalue weighted by Crippen LogP contribution is 2.36. The van der Waals surface area contributed by atoms with Gasteiger partial charge in [-0.2, -0.15) is 0 Å². The molecule has 0 fully saturated rings. The van der Waals surface area contributed by atoms with Crippen molar-refractivity contribution in [2.45, 2.75) is 0 Å². The van der Waals surface area contributed by atoms with Gasteiger partial charge in [0.1, 0.15) is 11.3 Å². The summed E-state index contributed by atoms with van der Waals surface area (Å²) in [7, 11) is 2.17. The van der Waals surface area contributed by atoms with Crippen molar-refractivity contribution in [3.63, 3.8) is 0 Å². The largest absolute Gasteiger partial charge is 0.465 e. The lowest BCUT2D eigenvalue weighted by Gasteiger charge is -2.10. The zero-order chi connectivity index (χ0) is 21.6. The van der Waals surface area contributed by atoms with E-state index in [9.17, 15) is 29.8 Å². The van der Waals surface area contributed by atoms with Gasteiger partial charge >= 0.3 is 17.6 Å². The first-order valence-corrected chi connectivity index (χ1v) is 7.86. The monoisotopic (exact) mass is 402 g/mol. The van der Waals surface area contributed by atoms with E-state index < -0.39 is 38.7 Å². The third-order valence-corrected chi connectivity index (χ3v) is 3.60. The number of para-hydroxylation sites is 1. The van der Waals surface area contributed by atoms with E-state index in [4.69, 9.17) is 4.74 Å². The van der Waals surface area contributed by atoms with Gasteiger partial charge in [-0.05, 0) is 18.2 Å². The number of nitro groups is 2. The summed E-state index contributed by atoms with van der Waals surface area (Å²) < 4.78 is 14.7. The van der Waals surface area contributed by atoms with Crippen molar-refractivity contribution in [1.29, 1.82) is 0 Å². The summed E-state index contributed by atoms with van der Waals surface area (Å²) in [5, 5.41) is 22.1. The van der Waals surface area contributed by atoms with Crippen molar-refractivity contribution in [3.05, 3.63) is 73.8 Å². The maximum absolute atomic E-state index is 11.8. The fraction of sp³-hybridized carbons (Fsp3) is 0.111. The van der Waals surface area contributed by atoms with Crippen LogP contribution in [-0.4, -0.2) is 36.0 Å². The SMILES string of the molecule is COC(=O)C(=Cc1ccccc1Oc1ccc([N+](=O)[O-])cc1[N+](=O)[O-])C(=O)OC. The lowest BCUT2D eigenvalue weighted by molar-refractivity contribution is -0.394. The molecule has 0 aliphatic carbocycles. The summed E-state index contributed by atoms with van der Waals surface area (Å²) in [6.45, 7) is 0. The molecular weight excluding hydrogens is 388 g/mol. The number of methoxy groups -OCH3 is 2. The van der Waals surface area contributed by atoms with Gasteiger partial charge in [0.15, 0.2) is 0 Å². The summed E-state index contributed by atoms with van der Waals surface area (Å²) in [5.41, 5.74) is -1.31. The van der Waals surface area contributed by atoms with E-state index in [1.165, 1.54) is 12.1 Å². The first-order valence-electron chi connectivity index (χ1n) is 7.86. The van der Waals surface area contributed by atoms with Crippen molar-refractivity contribution in [2.24, 2.45) is 0 Å². The van der Waals surface area contributed by atoms with E-state index in [1.54, 1.807) is 12.1 Å². The smallest absolute Gasteiger partial charge is 0.345 e. The van der Waals surface area contributed by atoms with Crippen LogP contribution in [0, 0.1) is 20.2 Å². The highest BCUT2D eigenvalue weighted by Gasteiger charge is 2.23. The lowest BCUT2D eigenvalue weighted by Crippen LogP contribution is -2.15. The molecule has 11 nitrogen and oxygen atoms in total. The van der Waals surface area contributed by atoms with E-state index in [0.717, 1.165) is 38.5 Å². The van der Waals surface area contributed by atoms with Crippen LogP contribution in [0.5, 0.6) is 11.5 Å². The van der Waals surface area contributed by atoms with E-state index in [2.05, 4.69) is 9.47 Å². The second-order valence-corrected chi connectivity index (χ2v) is 5.35. The number of rotatable bonds is 7. The number of benzene rings is 2. The fourth-order valence-corrected chi connectivity index (χ4v) is 2.24. The molecule has 0 bridgehead atoms. The molecular formula is C18H14N2O9. The molecule has 0 amide bonds. The minimum absolute atomic E-state index is 0.0507. The maximum atomic E-state index is 11.8. The first kappa shape index (κ1) is 21.0. The number of carbonyl (C=O) groups is 2. The van der Waals surface area contributed by atoms with Crippen LogP contribution >= 0.6 is 0 Å². The summed E-state index contributed by atoms with van der Waals surface area (Å²) in [6, 6.07) is 8.95. The van der Waals surface area contributed by atoms with Gasteiger partial charge in [0, 0.05) is 11.6 Å². The topological polar surface area (TPSA) is 148 Å². The number of nitrogens with zero attached hydrogens (tertiary/aromatic N) is 2. The van der Waals surface area contributed by atoms with Crippen LogP contribution in [0.25, 0.3) is 6.08 Å². The van der Waals surface area contributed by atoms with Gasteiger partial charge in [0.05, 0.1) is 30.1 Å². The summed E-state index contributed by atoms with van der Waals surface area (Å²) in [4.78, 5) is 44.2. The number of nitro benzene ring substituents is 2. The van der Waals surface area contributed by atoms with E-state index in [1.807, 2.05) is 0 Å². The normalized spacial score (nSPS) is 9.86. The molecule has 0 atom stereocenters. The maximum Gasteiger partial charge on any atom is 0.345 e. The van der Waals surface area contributed by atoms with Gasteiger partial charge in [-0.25, -0.2) is 9.59 Å². The van der Waals surface area contributed by atoms with Crippen molar-refractivity contribution < 1.29 is 33.6 Å². The molecule has 2 rings (SSSR count). The minimum atomic E-state index is -0.951. The highest BCUT2D eigenvalue weighted by molar-refractivity contribution is 6.17. The molecule has 2 aromatic rings. The molecule has 0 aliphatic rings. The molecule has 0 N–H and O–H groups in total. The molecule has 0 heterocycles. The molecule has 0 radical (unpaired) electrons. The van der Waals surface area contributed by atoms with Gasteiger partial charge in [-0.15, -0.1) is 0 Å². The van der Waals surface area contributed by atoms with E-state index >= 15 is 0 Å². The number of non-ortho nitro benzene ring substituents is 1. The van der Waals surface area contributed by atoms with Crippen LogP contribution < -0.4 is 4.74 Å². The second kappa shape index (κ2) is 9.08. The van der Waals surface area contributed by atoms with Crippen molar-refractivity contribution >= 4 is 29.4 Å². The molecule has 150 valence electrons. The molecule has 2 aromatic carbocycles. The Morgan fingerprint density at radius 1 is 0.897 bits per heavy atom. The molecule has 0 spiro atoms. The Kier molecular flexibility index (Phi) is 6.58. The number of hydrogen-bond acceptors (Lipinski definition) is 9. The highest BCUT2D eigenvalue weighted by atomic mass is 16.6. The molecule has 0 saturated heterocycles. The Hall–Kier alpha value is -4.28. The Morgan fingerprint density at radius 3 is 2.07 bits per heavy atom. The van der Waals surface area contributed by atoms with Crippen molar-refractivity contribution in [3.8, 4) is 11.5 Å². The lowest BCUT2D eigenvalue weighted by atomic mass is 10.1. The fourth-order valence-electron chi connectivity index (χ4n) is 2.24. The van der Waals surface area contributed by atoms with E-state index in [-0.39, 0.29) is 17.1 Å². The standard InChI is InChI=1S/C18H14N2O9/c1-27-17(21)13(18(22)28-2)9-11-5-3-4-6-15(11)29-16-8-7-12(19(23)24)10-14(16)20(25)26/h3-10H,1-2H3. The van der Waals surface area contributed by atoms with Crippen molar-refractivity contribution in [2.75, 3.05) is 14.2 Å². The van der Waals surface area contributed by atoms with Crippen molar-refractivity contribution in [1.82, 2.24) is 0 Å². The first-order chi connectivity index (χ1) is 13.8. The number of esters is 2. The third kappa shape index (κ3) is 4.91. The average molecular weight is 402 g/mol. The predicted octanol–water partition coefficient (Wildman–Crippen LogP) is 3.02. The molecule has 29 heavy (non-hydrogen) atoms. The number of carbonyl (C=O) groups excluding carboxylic acids is 2. The quantitative estimate of drug-likeness (QED) is 0.170. The molecule has 0 aliphatic heterocycles. The van der Waals surface area contributed by atoms with Crippen LogP contribution in [0.15, 0.2) is 48.0 Å². The molecule has 0 aromatic heterocycles. The zero-order valence-electron chi connectivity index (χ0n) is 15.2. The van der Waals surface area contributed by atoms with Crippen LogP contribution in [-0.2, 0) is 19.1 Å². The van der Waals surface area contributed by atoms with Gasteiger partial charge < -0.3 is 14.2 Å². The zero-order valence-corrected chi connectivity index (χ0v) is 15.2. The minimum Gasteiger partial charge on any atom is -0.465 e.